The number of nitriles is 2. The maximum absolute atomic E-state index is 12.8. The summed E-state index contributed by atoms with van der Waals surface area (Å²) in [5.41, 5.74) is 8.55. The first-order valence-corrected chi connectivity index (χ1v) is 26.7. The fourth-order valence-electron chi connectivity index (χ4n) is 9.38. The van der Waals surface area contributed by atoms with Crippen LogP contribution in [0.15, 0.2) is 118 Å². The van der Waals surface area contributed by atoms with Gasteiger partial charge in [-0.1, -0.05) is 52.2 Å². The van der Waals surface area contributed by atoms with E-state index in [0.717, 1.165) is 54.4 Å². The van der Waals surface area contributed by atoms with E-state index in [-0.39, 0.29) is 36.1 Å². The molecular weight excluding hydrogens is 1040 g/mol. The number of aromatic nitrogens is 2. The van der Waals surface area contributed by atoms with Crippen LogP contribution in [0.5, 0.6) is 23.0 Å². The van der Waals surface area contributed by atoms with Crippen molar-refractivity contribution in [2.75, 3.05) is 54.2 Å². The van der Waals surface area contributed by atoms with Crippen LogP contribution in [0, 0.1) is 22.7 Å². The number of benzene rings is 4. The number of carbonyl (C=O) groups excluding carboxylic acids is 1. The quantitative estimate of drug-likeness (QED) is 0.0953. The number of aromatic carboxylic acids is 1. The number of hydrogen-bond acceptors (Lipinski definition) is 14. The molecule has 8 aromatic rings. The van der Waals surface area contributed by atoms with Gasteiger partial charge in [0, 0.05) is 80.5 Å². The van der Waals surface area contributed by atoms with Crippen LogP contribution in [0.25, 0.3) is 67.1 Å². The highest BCUT2D eigenvalue weighted by atomic mass is 35.5. The van der Waals surface area contributed by atoms with E-state index in [2.05, 4.69) is 36.0 Å². The van der Waals surface area contributed by atoms with Crippen LogP contribution in [0.2, 0.25) is 0 Å². The number of nitrogens with zero attached hydrogens (tertiary/aromatic N) is 5. The number of fused-ring (bicyclic) bond motifs is 2. The summed E-state index contributed by atoms with van der Waals surface area (Å²) in [4.78, 5) is 34.7. The molecule has 0 unspecified atom stereocenters. The average Bonchev–Trinajstić information content (AvgIpc) is 4.21. The number of pyridine rings is 2. The molecule has 2 aliphatic heterocycles. The van der Waals surface area contributed by atoms with E-state index in [0.29, 0.717) is 118 Å². The van der Waals surface area contributed by atoms with E-state index in [1.165, 1.54) is 38.5 Å². The summed E-state index contributed by atoms with van der Waals surface area (Å²) < 4.78 is 46.5. The van der Waals surface area contributed by atoms with E-state index in [4.69, 9.17) is 37.3 Å². The highest BCUT2D eigenvalue weighted by Gasteiger charge is 2.23. The Hall–Kier alpha value is -8.41. The van der Waals surface area contributed by atoms with Crippen LogP contribution in [0.4, 0.5) is 0 Å². The maximum Gasteiger partial charge on any atom is 0.335 e. The minimum Gasteiger partial charge on any atom is -0.496 e. The van der Waals surface area contributed by atoms with Crippen molar-refractivity contribution in [3.8, 4) is 80.0 Å². The Balaban J connectivity index is 0.000000212. The Morgan fingerprint density at radius 1 is 0.600 bits per heavy atom. The zero-order valence-electron chi connectivity index (χ0n) is 45.9. The molecule has 0 atom stereocenters. The number of carboxylic acid groups (broad SMARTS) is 1. The Morgan fingerprint density at radius 3 is 1.45 bits per heavy atom. The molecule has 4 aromatic heterocycles. The van der Waals surface area contributed by atoms with Crippen molar-refractivity contribution >= 4 is 46.5 Å². The Labute approximate surface area is 472 Å². The number of ether oxygens (including phenoxy) is 6. The van der Waals surface area contributed by atoms with E-state index in [1.807, 2.05) is 61.5 Å². The molecule has 0 saturated carbocycles. The molecule has 0 spiro atoms. The molecule has 17 heteroatoms. The molecule has 10 rings (SSSR count). The second-order valence-electron chi connectivity index (χ2n) is 19.1. The van der Waals surface area contributed by atoms with Crippen molar-refractivity contribution in [1.82, 2.24) is 14.9 Å². The standard InChI is InChI=1S/C31H31N3O5.C27H22N2O6.C5H12.ClH/c1-4-13-34(2)31(35)21-5-7-25(28(17-21)36-3)29-18-26-30(39-29)24(9-12-33-26)20-6-8-27(22(16-20)19-32)38-23-10-14-37-15-11-23;1-32-24-13-17(27(30)31)2-4-21(24)25-14-22-26(35-25)20(6-9-29-22)16-3-5-23(18(12-16)15-28)34-19-7-10-33-11-8-19;1-3-5-4-2;/h5-9,12,16-18,23H,4,10-11,13-15H2,1-3H3;2-6,9,12-14,19H,7-8,10-11H2,1H3,(H,30,31);3-5H2,1-2H3;1H. The number of carboxylic acids is 1. The molecule has 0 bridgehead atoms. The summed E-state index contributed by atoms with van der Waals surface area (Å²) in [6, 6.07) is 32.9. The van der Waals surface area contributed by atoms with Crippen LogP contribution in [-0.4, -0.2) is 98.3 Å². The van der Waals surface area contributed by atoms with Gasteiger partial charge < -0.3 is 47.3 Å². The summed E-state index contributed by atoms with van der Waals surface area (Å²) in [6.07, 6.45) is 11.6. The van der Waals surface area contributed by atoms with Crippen molar-refractivity contribution in [3.63, 3.8) is 0 Å². The van der Waals surface area contributed by atoms with Crippen LogP contribution in [-0.2, 0) is 9.47 Å². The predicted molar refractivity (Wildman–Crippen MR) is 308 cm³/mol. The smallest absolute Gasteiger partial charge is 0.335 e. The Morgan fingerprint density at radius 2 is 1.05 bits per heavy atom. The van der Waals surface area contributed by atoms with E-state index in [9.17, 15) is 25.2 Å². The van der Waals surface area contributed by atoms with Crippen molar-refractivity contribution in [3.05, 3.63) is 132 Å². The van der Waals surface area contributed by atoms with Crippen LogP contribution < -0.4 is 18.9 Å². The largest absolute Gasteiger partial charge is 0.496 e. The summed E-state index contributed by atoms with van der Waals surface area (Å²) in [6.45, 7) is 9.78. The number of carbonyl (C=O) groups is 2. The van der Waals surface area contributed by atoms with Crippen molar-refractivity contribution in [2.24, 2.45) is 0 Å². The number of unbranched alkanes of at least 4 members (excludes halogenated alkanes) is 2. The highest BCUT2D eigenvalue weighted by Crippen LogP contribution is 2.41. The maximum atomic E-state index is 12.8. The number of halogens is 1. The Kier molecular flexibility index (Phi) is 21.1. The lowest BCUT2D eigenvalue weighted by molar-refractivity contribution is 0.0252. The second-order valence-corrected chi connectivity index (χ2v) is 19.1. The number of amides is 1. The SMILES string of the molecule is CCCCC.CCCN(C)C(=O)c1ccc(-c2cc3nccc(-c4ccc(OC5CCOCC5)c(C#N)c4)c3o2)c(OC)c1.COc1cc(C(=O)O)ccc1-c1cc2nccc(-c3ccc(OC4CCOCC4)c(C#N)c3)c2o1.Cl. The van der Waals surface area contributed by atoms with E-state index in [1.54, 1.807) is 61.8 Å². The third-order valence-corrected chi connectivity index (χ3v) is 13.6. The minimum absolute atomic E-state index is 0. The summed E-state index contributed by atoms with van der Waals surface area (Å²) in [5.74, 6) is 2.00. The molecule has 2 saturated heterocycles. The molecule has 80 heavy (non-hydrogen) atoms. The van der Waals surface area contributed by atoms with E-state index >= 15 is 0 Å². The molecule has 1 N–H and O–H groups in total. The molecule has 416 valence electrons. The zero-order chi connectivity index (χ0) is 55.8. The van der Waals surface area contributed by atoms with Gasteiger partial charge in [0.1, 0.15) is 69.9 Å². The normalized spacial score (nSPS) is 13.3. The molecule has 0 aliphatic carbocycles. The third-order valence-electron chi connectivity index (χ3n) is 13.6. The molecule has 4 aromatic carbocycles. The van der Waals surface area contributed by atoms with Gasteiger partial charge in [-0.15, -0.1) is 12.4 Å². The lowest BCUT2D eigenvalue weighted by Crippen LogP contribution is -2.27. The number of methoxy groups -OCH3 is 2. The van der Waals surface area contributed by atoms with Crippen LogP contribution in [0.1, 0.15) is 104 Å². The molecule has 2 fully saturated rings. The average molecular weight is 1100 g/mol. The van der Waals surface area contributed by atoms with Gasteiger partial charge in [0.15, 0.2) is 11.2 Å². The fraction of sp³-hybridized carbons (Fsp3) is 0.333. The monoisotopic (exact) mass is 1100 g/mol. The summed E-state index contributed by atoms with van der Waals surface area (Å²) >= 11 is 0. The van der Waals surface area contributed by atoms with Gasteiger partial charge in [-0.2, -0.15) is 10.5 Å². The lowest BCUT2D eigenvalue weighted by Gasteiger charge is -2.23. The van der Waals surface area contributed by atoms with Gasteiger partial charge in [0.25, 0.3) is 5.91 Å². The van der Waals surface area contributed by atoms with Crippen molar-refractivity contribution in [2.45, 2.75) is 84.3 Å². The lowest BCUT2D eigenvalue weighted by atomic mass is 10.0. The molecule has 2 aliphatic rings. The summed E-state index contributed by atoms with van der Waals surface area (Å²) in [7, 11) is 4.84. The number of rotatable bonds is 16. The summed E-state index contributed by atoms with van der Waals surface area (Å²) in [5, 5.41) is 28.9. The van der Waals surface area contributed by atoms with Crippen LogP contribution >= 0.6 is 12.4 Å². The third kappa shape index (κ3) is 14.1. The van der Waals surface area contributed by atoms with Gasteiger partial charge in [-0.05, 0) is 90.3 Å². The van der Waals surface area contributed by atoms with Gasteiger partial charge in [-0.3, -0.25) is 14.8 Å². The number of furan rings is 2. The first kappa shape index (κ1) is 59.3. The number of hydrogen-bond donors (Lipinski definition) is 1. The van der Waals surface area contributed by atoms with Crippen molar-refractivity contribution in [1.29, 1.82) is 10.5 Å². The zero-order valence-corrected chi connectivity index (χ0v) is 46.7. The van der Waals surface area contributed by atoms with Crippen LogP contribution in [0.3, 0.4) is 0 Å². The molecule has 6 heterocycles. The highest BCUT2D eigenvalue weighted by molar-refractivity contribution is 5.97. The molecule has 1 amide bonds. The fourth-order valence-corrected chi connectivity index (χ4v) is 9.38. The molecular formula is C63H66ClN5O11. The topological polar surface area (TPSA) is 213 Å². The second kappa shape index (κ2) is 28.5. The molecule has 16 nitrogen and oxygen atoms in total. The first-order chi connectivity index (χ1) is 38.5. The predicted octanol–water partition coefficient (Wildman–Crippen LogP) is 14.0. The first-order valence-electron chi connectivity index (χ1n) is 26.7. The van der Waals surface area contributed by atoms with E-state index < -0.39 is 5.97 Å². The Bertz CT molecular complexity index is 3490. The van der Waals surface area contributed by atoms with Gasteiger partial charge in [0.05, 0.1) is 68.5 Å². The van der Waals surface area contributed by atoms with Gasteiger partial charge in [0.2, 0.25) is 0 Å². The van der Waals surface area contributed by atoms with Gasteiger partial charge in [-0.25, -0.2) is 4.79 Å². The minimum atomic E-state index is -1.04. The van der Waals surface area contributed by atoms with Gasteiger partial charge >= 0.3 is 5.97 Å². The molecule has 0 radical (unpaired) electrons. The van der Waals surface area contributed by atoms with Crippen molar-refractivity contribution < 1.29 is 52.0 Å².